The van der Waals surface area contributed by atoms with Crippen molar-refractivity contribution in [3.63, 3.8) is 0 Å². The van der Waals surface area contributed by atoms with Gasteiger partial charge < -0.3 is 10.2 Å². The molecule has 1 saturated carbocycles. The van der Waals surface area contributed by atoms with E-state index in [4.69, 9.17) is 5.11 Å². The zero-order chi connectivity index (χ0) is 11.9. The van der Waals surface area contributed by atoms with E-state index in [9.17, 15) is 9.90 Å². The van der Waals surface area contributed by atoms with Crippen LogP contribution in [0.5, 0.6) is 0 Å². The lowest BCUT2D eigenvalue weighted by Crippen LogP contribution is -2.48. The van der Waals surface area contributed by atoms with Gasteiger partial charge in [-0.15, -0.1) is 0 Å². The number of hydrogen-bond donors (Lipinski definition) is 2. The van der Waals surface area contributed by atoms with Gasteiger partial charge in [0.15, 0.2) is 0 Å². The number of carbonyl (C=O) groups is 1. The van der Waals surface area contributed by atoms with Crippen LogP contribution in [0, 0.1) is 16.7 Å². The molecule has 0 spiro atoms. The number of hydrogen-bond acceptors (Lipinski definition) is 2. The molecule has 0 bridgehead atoms. The standard InChI is InChI=1S/C12H22O3/c1-11(2)6-8(5-9(13)14)7-12(3,4)10(11)15/h8,10,15H,5-7H2,1-4H3,(H,13,14). The predicted molar refractivity (Wildman–Crippen MR) is 58.5 cm³/mol. The Bertz CT molecular complexity index is 238. The second-order valence-electron chi connectivity index (χ2n) is 6.25. The van der Waals surface area contributed by atoms with Crippen LogP contribution in [-0.4, -0.2) is 22.3 Å². The molecular weight excluding hydrogens is 192 g/mol. The maximum absolute atomic E-state index is 10.7. The van der Waals surface area contributed by atoms with E-state index in [1.54, 1.807) is 0 Å². The Balaban J connectivity index is 2.79. The Morgan fingerprint density at radius 2 is 1.60 bits per heavy atom. The summed E-state index contributed by atoms with van der Waals surface area (Å²) < 4.78 is 0. The molecule has 15 heavy (non-hydrogen) atoms. The number of aliphatic hydroxyl groups is 1. The molecule has 3 nitrogen and oxygen atoms in total. The highest BCUT2D eigenvalue weighted by atomic mass is 16.4. The second-order valence-corrected chi connectivity index (χ2v) is 6.25. The third-order valence-electron chi connectivity index (χ3n) is 3.57. The first-order chi connectivity index (χ1) is 6.65. The number of carboxylic acid groups (broad SMARTS) is 1. The van der Waals surface area contributed by atoms with E-state index in [0.717, 1.165) is 12.8 Å². The van der Waals surface area contributed by atoms with Crippen LogP contribution in [0.4, 0.5) is 0 Å². The zero-order valence-corrected chi connectivity index (χ0v) is 10.1. The van der Waals surface area contributed by atoms with Crippen molar-refractivity contribution >= 4 is 5.97 Å². The average Bonchev–Trinajstić information content (AvgIpc) is 1.97. The molecule has 2 N–H and O–H groups in total. The molecule has 0 radical (unpaired) electrons. The molecule has 0 aliphatic heterocycles. The number of aliphatic carboxylic acids is 1. The van der Waals surface area contributed by atoms with Gasteiger partial charge in [0.25, 0.3) is 0 Å². The van der Waals surface area contributed by atoms with Crippen LogP contribution in [0.3, 0.4) is 0 Å². The molecule has 0 heterocycles. The fourth-order valence-corrected chi connectivity index (χ4v) is 3.23. The van der Waals surface area contributed by atoms with Gasteiger partial charge in [0, 0.05) is 6.42 Å². The third kappa shape index (κ3) is 2.71. The first kappa shape index (κ1) is 12.5. The van der Waals surface area contributed by atoms with Gasteiger partial charge >= 0.3 is 5.97 Å². The van der Waals surface area contributed by atoms with Gasteiger partial charge in [-0.3, -0.25) is 4.79 Å². The van der Waals surface area contributed by atoms with E-state index >= 15 is 0 Å². The summed E-state index contributed by atoms with van der Waals surface area (Å²) in [4.78, 5) is 10.7. The van der Waals surface area contributed by atoms with Crippen LogP contribution in [0.15, 0.2) is 0 Å². The Morgan fingerprint density at radius 1 is 1.20 bits per heavy atom. The summed E-state index contributed by atoms with van der Waals surface area (Å²) in [5, 5.41) is 19.0. The smallest absolute Gasteiger partial charge is 0.303 e. The van der Waals surface area contributed by atoms with E-state index in [1.165, 1.54) is 0 Å². The second kappa shape index (κ2) is 3.78. The molecule has 0 aromatic rings. The summed E-state index contributed by atoms with van der Waals surface area (Å²) >= 11 is 0. The summed E-state index contributed by atoms with van der Waals surface area (Å²) in [6.45, 7) is 8.09. The third-order valence-corrected chi connectivity index (χ3v) is 3.57. The predicted octanol–water partition coefficient (Wildman–Crippen LogP) is 2.28. The normalized spacial score (nSPS) is 33.7. The Labute approximate surface area is 91.5 Å². The first-order valence-corrected chi connectivity index (χ1v) is 5.55. The maximum atomic E-state index is 10.7. The van der Waals surface area contributed by atoms with Crippen molar-refractivity contribution in [1.82, 2.24) is 0 Å². The lowest BCUT2D eigenvalue weighted by Gasteiger charge is -2.49. The largest absolute Gasteiger partial charge is 0.481 e. The molecular formula is C12H22O3. The molecule has 3 heteroatoms. The molecule has 1 fully saturated rings. The number of carboxylic acids is 1. The van der Waals surface area contributed by atoms with Crippen LogP contribution in [0.2, 0.25) is 0 Å². The van der Waals surface area contributed by atoms with E-state index in [0.29, 0.717) is 0 Å². The lowest BCUT2D eigenvalue weighted by atomic mass is 9.59. The monoisotopic (exact) mass is 214 g/mol. The van der Waals surface area contributed by atoms with E-state index in [2.05, 4.69) is 0 Å². The Morgan fingerprint density at radius 3 is 1.93 bits per heavy atom. The number of rotatable bonds is 2. The van der Waals surface area contributed by atoms with Crippen molar-refractivity contribution in [2.45, 2.75) is 53.1 Å². The van der Waals surface area contributed by atoms with Gasteiger partial charge in [0.05, 0.1) is 6.10 Å². The fourth-order valence-electron chi connectivity index (χ4n) is 3.23. The van der Waals surface area contributed by atoms with Crippen molar-refractivity contribution < 1.29 is 15.0 Å². The molecule has 0 aromatic carbocycles. The zero-order valence-electron chi connectivity index (χ0n) is 10.1. The average molecular weight is 214 g/mol. The van der Waals surface area contributed by atoms with Crippen LogP contribution >= 0.6 is 0 Å². The van der Waals surface area contributed by atoms with Crippen LogP contribution in [0.25, 0.3) is 0 Å². The molecule has 1 aliphatic rings. The van der Waals surface area contributed by atoms with E-state index in [1.807, 2.05) is 27.7 Å². The summed E-state index contributed by atoms with van der Waals surface area (Å²) in [7, 11) is 0. The summed E-state index contributed by atoms with van der Waals surface area (Å²) in [6.07, 6.45) is 1.46. The van der Waals surface area contributed by atoms with Crippen molar-refractivity contribution in [3.05, 3.63) is 0 Å². The van der Waals surface area contributed by atoms with Gasteiger partial charge in [-0.25, -0.2) is 0 Å². The van der Waals surface area contributed by atoms with Gasteiger partial charge in [-0.1, -0.05) is 27.7 Å². The summed E-state index contributed by atoms with van der Waals surface area (Å²) in [5.41, 5.74) is -0.357. The van der Waals surface area contributed by atoms with Gasteiger partial charge in [-0.05, 0) is 29.6 Å². The lowest BCUT2D eigenvalue weighted by molar-refractivity contribution is -0.142. The summed E-state index contributed by atoms with van der Waals surface area (Å²) in [6, 6.07) is 0. The van der Waals surface area contributed by atoms with Gasteiger partial charge in [0.2, 0.25) is 0 Å². The van der Waals surface area contributed by atoms with Crippen molar-refractivity contribution in [3.8, 4) is 0 Å². The molecule has 0 aromatic heterocycles. The van der Waals surface area contributed by atoms with Crippen molar-refractivity contribution in [2.75, 3.05) is 0 Å². The van der Waals surface area contributed by atoms with Crippen molar-refractivity contribution in [1.29, 1.82) is 0 Å². The number of aliphatic hydroxyl groups excluding tert-OH is 1. The molecule has 88 valence electrons. The Kier molecular flexibility index (Phi) is 3.15. The minimum atomic E-state index is -0.733. The highest BCUT2D eigenvalue weighted by molar-refractivity contribution is 5.67. The SMILES string of the molecule is CC1(C)CC(CC(=O)O)CC(C)(C)C1O. The fraction of sp³-hybridized carbons (Fsp3) is 0.917. The highest BCUT2D eigenvalue weighted by Crippen LogP contribution is 2.49. The van der Waals surface area contributed by atoms with Crippen LogP contribution < -0.4 is 0 Å². The molecule has 0 unspecified atom stereocenters. The van der Waals surface area contributed by atoms with Crippen molar-refractivity contribution in [2.24, 2.45) is 16.7 Å². The highest BCUT2D eigenvalue weighted by Gasteiger charge is 2.46. The Hall–Kier alpha value is -0.570. The molecule has 0 amide bonds. The van der Waals surface area contributed by atoms with Gasteiger partial charge in [-0.2, -0.15) is 0 Å². The first-order valence-electron chi connectivity index (χ1n) is 5.55. The maximum Gasteiger partial charge on any atom is 0.303 e. The van der Waals surface area contributed by atoms with Crippen LogP contribution in [0.1, 0.15) is 47.0 Å². The van der Waals surface area contributed by atoms with Crippen LogP contribution in [-0.2, 0) is 4.79 Å². The molecule has 0 atom stereocenters. The van der Waals surface area contributed by atoms with Gasteiger partial charge in [0.1, 0.15) is 0 Å². The van der Waals surface area contributed by atoms with E-state index < -0.39 is 5.97 Å². The minimum absolute atomic E-state index is 0.179. The van der Waals surface area contributed by atoms with E-state index in [-0.39, 0.29) is 29.3 Å². The summed E-state index contributed by atoms with van der Waals surface area (Å²) in [5.74, 6) is -0.543. The molecule has 1 aliphatic carbocycles. The quantitative estimate of drug-likeness (QED) is 0.741. The molecule has 1 rings (SSSR count). The topological polar surface area (TPSA) is 57.5 Å². The minimum Gasteiger partial charge on any atom is -0.481 e. The molecule has 0 saturated heterocycles.